The van der Waals surface area contributed by atoms with Crippen LogP contribution in [0.2, 0.25) is 0 Å². The predicted octanol–water partition coefficient (Wildman–Crippen LogP) is 2.47. The van der Waals surface area contributed by atoms with Gasteiger partial charge < -0.3 is 5.73 Å². The Labute approximate surface area is 105 Å². The lowest BCUT2D eigenvalue weighted by atomic mass is 10.0. The summed E-state index contributed by atoms with van der Waals surface area (Å²) in [7, 11) is 0. The normalized spacial score (nSPS) is 12.5. The van der Waals surface area contributed by atoms with E-state index in [9.17, 15) is 0 Å². The number of hydrogen-bond donors (Lipinski definition) is 3. The number of hydrazine groups is 1. The maximum Gasteiger partial charge on any atom is 0.0483 e. The van der Waals surface area contributed by atoms with Crippen LogP contribution in [0.4, 0.5) is 5.69 Å². The molecular formula is C13H17N3S. The van der Waals surface area contributed by atoms with E-state index < -0.39 is 0 Å². The van der Waals surface area contributed by atoms with Crippen molar-refractivity contribution in [2.24, 2.45) is 5.84 Å². The minimum absolute atomic E-state index is 0.110. The fourth-order valence-electron chi connectivity index (χ4n) is 1.90. The molecule has 2 aromatic rings. The number of hydrogen-bond acceptors (Lipinski definition) is 4. The van der Waals surface area contributed by atoms with E-state index in [1.807, 2.05) is 24.3 Å². The van der Waals surface area contributed by atoms with Gasteiger partial charge in [0.25, 0.3) is 0 Å². The highest BCUT2D eigenvalue weighted by Gasteiger charge is 2.12. The van der Waals surface area contributed by atoms with Crippen molar-refractivity contribution in [2.45, 2.75) is 18.9 Å². The first kappa shape index (κ1) is 12.1. The number of para-hydroxylation sites is 1. The van der Waals surface area contributed by atoms with Crippen molar-refractivity contribution in [3.8, 4) is 0 Å². The number of thiophene rings is 1. The van der Waals surface area contributed by atoms with Gasteiger partial charge >= 0.3 is 0 Å². The summed E-state index contributed by atoms with van der Waals surface area (Å²) in [4.78, 5) is 1.37. The highest BCUT2D eigenvalue weighted by atomic mass is 32.1. The molecule has 4 heteroatoms. The molecule has 1 aromatic carbocycles. The molecule has 0 aliphatic rings. The van der Waals surface area contributed by atoms with Crippen molar-refractivity contribution in [1.82, 2.24) is 5.43 Å². The largest absolute Gasteiger partial charge is 0.398 e. The van der Waals surface area contributed by atoms with Gasteiger partial charge in [0.05, 0.1) is 0 Å². The van der Waals surface area contributed by atoms with E-state index in [1.54, 1.807) is 11.3 Å². The van der Waals surface area contributed by atoms with Gasteiger partial charge in [0.2, 0.25) is 0 Å². The molecule has 0 amide bonds. The maximum atomic E-state index is 5.95. The molecule has 17 heavy (non-hydrogen) atoms. The van der Waals surface area contributed by atoms with Gasteiger partial charge in [-0.05, 0) is 35.9 Å². The maximum absolute atomic E-state index is 5.95. The van der Waals surface area contributed by atoms with E-state index in [1.165, 1.54) is 4.88 Å². The van der Waals surface area contributed by atoms with Crippen LogP contribution in [-0.2, 0) is 6.42 Å². The summed E-state index contributed by atoms with van der Waals surface area (Å²) < 4.78 is 0. The zero-order valence-electron chi connectivity index (χ0n) is 9.60. The second kappa shape index (κ2) is 5.82. The number of aryl methyl sites for hydroxylation is 1. The molecule has 1 unspecified atom stereocenters. The number of benzene rings is 1. The summed E-state index contributed by atoms with van der Waals surface area (Å²) in [5.41, 5.74) is 10.7. The monoisotopic (exact) mass is 247 g/mol. The van der Waals surface area contributed by atoms with Crippen LogP contribution in [0.15, 0.2) is 41.8 Å². The van der Waals surface area contributed by atoms with E-state index in [0.29, 0.717) is 0 Å². The number of rotatable bonds is 5. The lowest BCUT2D eigenvalue weighted by molar-refractivity contribution is 0.519. The van der Waals surface area contributed by atoms with E-state index in [4.69, 9.17) is 11.6 Å². The molecule has 0 aliphatic carbocycles. The van der Waals surface area contributed by atoms with E-state index >= 15 is 0 Å². The molecule has 0 saturated heterocycles. The van der Waals surface area contributed by atoms with Gasteiger partial charge in [-0.1, -0.05) is 24.3 Å². The Morgan fingerprint density at radius 3 is 2.65 bits per heavy atom. The zero-order valence-corrected chi connectivity index (χ0v) is 10.4. The third-order valence-electron chi connectivity index (χ3n) is 2.83. The van der Waals surface area contributed by atoms with Gasteiger partial charge in [-0.3, -0.25) is 11.3 Å². The zero-order chi connectivity index (χ0) is 12.1. The minimum Gasteiger partial charge on any atom is -0.398 e. The van der Waals surface area contributed by atoms with E-state index in [0.717, 1.165) is 24.1 Å². The van der Waals surface area contributed by atoms with Crippen molar-refractivity contribution < 1.29 is 0 Å². The fourth-order valence-corrected chi connectivity index (χ4v) is 2.62. The third kappa shape index (κ3) is 3.06. The van der Waals surface area contributed by atoms with Crippen molar-refractivity contribution in [1.29, 1.82) is 0 Å². The lowest BCUT2D eigenvalue weighted by Crippen LogP contribution is -2.29. The molecule has 0 radical (unpaired) electrons. The molecule has 3 nitrogen and oxygen atoms in total. The van der Waals surface area contributed by atoms with Gasteiger partial charge in [-0.25, -0.2) is 0 Å². The summed E-state index contributed by atoms with van der Waals surface area (Å²) in [6.45, 7) is 0. The van der Waals surface area contributed by atoms with Crippen molar-refractivity contribution >= 4 is 17.0 Å². The molecule has 5 N–H and O–H groups in total. The van der Waals surface area contributed by atoms with Crippen LogP contribution in [0.5, 0.6) is 0 Å². The van der Waals surface area contributed by atoms with Crippen LogP contribution in [0, 0.1) is 0 Å². The molecule has 0 saturated carbocycles. The van der Waals surface area contributed by atoms with Crippen LogP contribution in [0.3, 0.4) is 0 Å². The number of nitrogens with two attached hydrogens (primary N) is 2. The molecule has 0 aliphatic heterocycles. The first-order valence-electron chi connectivity index (χ1n) is 5.64. The Kier molecular flexibility index (Phi) is 4.14. The van der Waals surface area contributed by atoms with Crippen molar-refractivity contribution in [2.75, 3.05) is 5.73 Å². The minimum atomic E-state index is 0.110. The van der Waals surface area contributed by atoms with Crippen molar-refractivity contribution in [3.05, 3.63) is 52.2 Å². The average molecular weight is 247 g/mol. The standard InChI is InChI=1S/C13H17N3S/c14-12-6-2-1-5-11(12)13(16-15)8-7-10-4-3-9-17-10/h1-6,9,13,16H,7-8,14-15H2. The topological polar surface area (TPSA) is 64.1 Å². The molecule has 0 bridgehead atoms. The number of nitrogens with one attached hydrogen (secondary N) is 1. The Morgan fingerprint density at radius 1 is 1.18 bits per heavy atom. The lowest BCUT2D eigenvalue weighted by Gasteiger charge is -2.17. The van der Waals surface area contributed by atoms with Crippen LogP contribution >= 0.6 is 11.3 Å². The van der Waals surface area contributed by atoms with Gasteiger partial charge in [0, 0.05) is 16.6 Å². The highest BCUT2D eigenvalue weighted by molar-refractivity contribution is 7.09. The molecule has 2 rings (SSSR count). The van der Waals surface area contributed by atoms with Gasteiger partial charge in [-0.2, -0.15) is 0 Å². The summed E-state index contributed by atoms with van der Waals surface area (Å²) in [6.07, 6.45) is 1.96. The van der Waals surface area contributed by atoms with Gasteiger partial charge in [0.1, 0.15) is 0 Å². The van der Waals surface area contributed by atoms with E-state index in [2.05, 4.69) is 22.9 Å². The third-order valence-corrected chi connectivity index (χ3v) is 3.77. The molecule has 1 aromatic heterocycles. The quantitative estimate of drug-likeness (QED) is 0.432. The second-order valence-corrected chi connectivity index (χ2v) is 5.00. The second-order valence-electron chi connectivity index (χ2n) is 3.97. The SMILES string of the molecule is NNC(CCc1cccs1)c1ccccc1N. The average Bonchev–Trinajstić information content (AvgIpc) is 2.85. The molecule has 90 valence electrons. The van der Waals surface area contributed by atoms with Crippen LogP contribution in [0.25, 0.3) is 0 Å². The molecule has 0 fully saturated rings. The summed E-state index contributed by atoms with van der Waals surface area (Å²) in [6, 6.07) is 12.2. The Morgan fingerprint density at radius 2 is 2.00 bits per heavy atom. The van der Waals surface area contributed by atoms with Gasteiger partial charge in [-0.15, -0.1) is 11.3 Å². The fraction of sp³-hybridized carbons (Fsp3) is 0.231. The molecule has 0 spiro atoms. The van der Waals surface area contributed by atoms with Gasteiger partial charge in [0.15, 0.2) is 0 Å². The first-order chi connectivity index (χ1) is 8.31. The molecule has 1 atom stereocenters. The number of anilines is 1. The smallest absolute Gasteiger partial charge is 0.0483 e. The molecular weight excluding hydrogens is 230 g/mol. The first-order valence-corrected chi connectivity index (χ1v) is 6.52. The van der Waals surface area contributed by atoms with Crippen LogP contribution in [-0.4, -0.2) is 0 Å². The summed E-state index contributed by atoms with van der Waals surface area (Å²) in [5, 5.41) is 2.09. The van der Waals surface area contributed by atoms with E-state index in [-0.39, 0.29) is 6.04 Å². The van der Waals surface area contributed by atoms with Crippen molar-refractivity contribution in [3.63, 3.8) is 0 Å². The Balaban J connectivity index is 2.04. The van der Waals surface area contributed by atoms with Crippen LogP contribution in [0.1, 0.15) is 22.9 Å². The predicted molar refractivity (Wildman–Crippen MR) is 73.6 cm³/mol. The number of nitrogen functional groups attached to an aromatic ring is 1. The summed E-state index contributed by atoms with van der Waals surface area (Å²) in [5.74, 6) is 5.61. The Hall–Kier alpha value is -1.36. The molecule has 1 heterocycles. The summed E-state index contributed by atoms with van der Waals surface area (Å²) >= 11 is 1.77. The Bertz CT molecular complexity index is 453. The highest BCUT2D eigenvalue weighted by Crippen LogP contribution is 2.24. The van der Waals surface area contributed by atoms with Crippen LogP contribution < -0.4 is 17.0 Å².